The Morgan fingerprint density at radius 3 is 2.75 bits per heavy atom. The van der Waals surface area contributed by atoms with Gasteiger partial charge in [0, 0.05) is 42.3 Å². The van der Waals surface area contributed by atoms with Crippen molar-refractivity contribution in [3.05, 3.63) is 28.8 Å². The van der Waals surface area contributed by atoms with Gasteiger partial charge in [0.25, 0.3) is 0 Å². The molecule has 0 radical (unpaired) electrons. The highest BCUT2D eigenvalue weighted by molar-refractivity contribution is 6.30. The highest BCUT2D eigenvalue weighted by Gasteiger charge is 2.27. The highest BCUT2D eigenvalue weighted by Crippen LogP contribution is 2.21. The molecule has 1 aromatic carbocycles. The number of hydrogen-bond acceptors (Lipinski definition) is 4. The number of phenols is 1. The first-order valence-corrected chi connectivity index (χ1v) is 7.38. The van der Waals surface area contributed by atoms with Crippen molar-refractivity contribution < 1.29 is 9.84 Å². The normalized spacial score (nSPS) is 17.4. The van der Waals surface area contributed by atoms with Crippen molar-refractivity contribution in [1.82, 2.24) is 10.2 Å². The van der Waals surface area contributed by atoms with Gasteiger partial charge in [-0.2, -0.15) is 0 Å². The lowest BCUT2D eigenvalue weighted by Gasteiger charge is -2.41. The number of phenolic OH excluding ortho intramolecular Hbond substituents is 1. The van der Waals surface area contributed by atoms with Crippen molar-refractivity contribution in [3.8, 4) is 5.75 Å². The smallest absolute Gasteiger partial charge is 0.120 e. The predicted molar refractivity (Wildman–Crippen MR) is 81.3 cm³/mol. The summed E-state index contributed by atoms with van der Waals surface area (Å²) in [6.45, 7) is 9.45. The van der Waals surface area contributed by atoms with Gasteiger partial charge in [-0.25, -0.2) is 0 Å². The number of nitrogens with zero attached hydrogens (tertiary/aromatic N) is 1. The van der Waals surface area contributed by atoms with Crippen LogP contribution < -0.4 is 5.32 Å². The minimum Gasteiger partial charge on any atom is -0.508 e. The Labute approximate surface area is 125 Å². The number of rotatable bonds is 5. The van der Waals surface area contributed by atoms with E-state index in [1.165, 1.54) is 0 Å². The second-order valence-corrected chi connectivity index (χ2v) is 6.22. The number of morpholine rings is 1. The van der Waals surface area contributed by atoms with Gasteiger partial charge >= 0.3 is 0 Å². The molecule has 1 saturated heterocycles. The predicted octanol–water partition coefficient (Wildman–Crippen LogP) is 2.25. The van der Waals surface area contributed by atoms with Gasteiger partial charge in [0.2, 0.25) is 0 Å². The van der Waals surface area contributed by atoms with Crippen LogP contribution in [0.3, 0.4) is 0 Å². The molecule has 1 aromatic rings. The maximum absolute atomic E-state index is 9.79. The second-order valence-electron chi connectivity index (χ2n) is 5.79. The Kier molecular flexibility index (Phi) is 5.27. The third-order valence-corrected chi connectivity index (χ3v) is 4.02. The molecule has 0 aliphatic carbocycles. The summed E-state index contributed by atoms with van der Waals surface area (Å²) < 4.78 is 5.39. The van der Waals surface area contributed by atoms with Gasteiger partial charge < -0.3 is 15.2 Å². The molecule has 1 fully saturated rings. The van der Waals surface area contributed by atoms with Gasteiger partial charge in [0.1, 0.15) is 5.75 Å². The molecule has 1 aliphatic heterocycles. The van der Waals surface area contributed by atoms with Crippen LogP contribution in [0.5, 0.6) is 5.75 Å². The lowest BCUT2D eigenvalue weighted by molar-refractivity contribution is -0.00967. The lowest BCUT2D eigenvalue weighted by atomic mass is 10.0. The van der Waals surface area contributed by atoms with Gasteiger partial charge in [-0.05, 0) is 32.0 Å². The number of hydrogen-bond donors (Lipinski definition) is 2. The summed E-state index contributed by atoms with van der Waals surface area (Å²) in [5.41, 5.74) is 0.896. The van der Waals surface area contributed by atoms with Crippen molar-refractivity contribution in [2.45, 2.75) is 25.9 Å². The Hall–Kier alpha value is -0.810. The molecule has 5 heteroatoms. The average Bonchev–Trinajstić information content (AvgIpc) is 2.43. The van der Waals surface area contributed by atoms with E-state index in [9.17, 15) is 5.11 Å². The van der Waals surface area contributed by atoms with Gasteiger partial charge in [-0.1, -0.05) is 11.6 Å². The van der Waals surface area contributed by atoms with Crippen LogP contribution in [0.15, 0.2) is 18.2 Å². The molecular formula is C15H23ClN2O2. The number of nitrogens with one attached hydrogen (secondary N) is 1. The first-order valence-electron chi connectivity index (χ1n) is 7.00. The van der Waals surface area contributed by atoms with E-state index < -0.39 is 0 Å². The van der Waals surface area contributed by atoms with Crippen LogP contribution in [0.25, 0.3) is 0 Å². The molecule has 0 saturated carbocycles. The maximum atomic E-state index is 9.79. The molecule has 20 heavy (non-hydrogen) atoms. The van der Waals surface area contributed by atoms with Crippen molar-refractivity contribution in [1.29, 1.82) is 0 Å². The van der Waals surface area contributed by atoms with Crippen LogP contribution in [0.2, 0.25) is 5.02 Å². The third-order valence-electron chi connectivity index (χ3n) is 3.78. The van der Waals surface area contributed by atoms with E-state index in [1.54, 1.807) is 18.2 Å². The molecule has 2 rings (SSSR count). The summed E-state index contributed by atoms with van der Waals surface area (Å²) in [7, 11) is 0. The highest BCUT2D eigenvalue weighted by atomic mass is 35.5. The molecule has 0 aromatic heterocycles. The van der Waals surface area contributed by atoms with Crippen molar-refractivity contribution in [2.24, 2.45) is 0 Å². The molecule has 0 atom stereocenters. The monoisotopic (exact) mass is 298 g/mol. The molecule has 1 heterocycles. The van der Waals surface area contributed by atoms with E-state index in [0.717, 1.165) is 38.4 Å². The Bertz CT molecular complexity index is 445. The standard InChI is InChI=1S/C15H23ClN2O2/c1-15(2,18-5-7-20-8-6-18)11-17-10-12-9-13(16)3-4-14(12)19/h3-4,9,17,19H,5-8,10-11H2,1-2H3. The maximum Gasteiger partial charge on any atom is 0.120 e. The van der Waals surface area contributed by atoms with E-state index in [-0.39, 0.29) is 11.3 Å². The zero-order valence-corrected chi connectivity index (χ0v) is 12.9. The van der Waals surface area contributed by atoms with E-state index in [1.807, 2.05) is 0 Å². The Balaban J connectivity index is 1.86. The molecule has 2 N–H and O–H groups in total. The van der Waals surface area contributed by atoms with E-state index in [2.05, 4.69) is 24.1 Å². The van der Waals surface area contributed by atoms with Gasteiger partial charge in [0.05, 0.1) is 13.2 Å². The largest absolute Gasteiger partial charge is 0.508 e. The van der Waals surface area contributed by atoms with Gasteiger partial charge in [-0.3, -0.25) is 4.90 Å². The summed E-state index contributed by atoms with van der Waals surface area (Å²) >= 11 is 5.95. The number of ether oxygens (including phenoxy) is 1. The molecule has 4 nitrogen and oxygen atoms in total. The average molecular weight is 299 g/mol. The molecule has 1 aliphatic rings. The molecular weight excluding hydrogens is 276 g/mol. The Morgan fingerprint density at radius 1 is 1.35 bits per heavy atom. The molecule has 112 valence electrons. The summed E-state index contributed by atoms with van der Waals surface area (Å²) in [5, 5.41) is 13.8. The van der Waals surface area contributed by atoms with E-state index >= 15 is 0 Å². The van der Waals surface area contributed by atoms with Crippen molar-refractivity contribution in [2.75, 3.05) is 32.8 Å². The summed E-state index contributed by atoms with van der Waals surface area (Å²) in [4.78, 5) is 2.43. The van der Waals surface area contributed by atoms with Crippen LogP contribution in [0.4, 0.5) is 0 Å². The molecule has 0 spiro atoms. The molecule has 0 bridgehead atoms. The zero-order chi connectivity index (χ0) is 14.6. The van der Waals surface area contributed by atoms with Crippen LogP contribution in [0.1, 0.15) is 19.4 Å². The fourth-order valence-electron chi connectivity index (χ4n) is 2.48. The van der Waals surface area contributed by atoms with Gasteiger partial charge in [-0.15, -0.1) is 0 Å². The topological polar surface area (TPSA) is 44.7 Å². The number of benzene rings is 1. The van der Waals surface area contributed by atoms with Crippen LogP contribution in [-0.2, 0) is 11.3 Å². The first kappa shape index (κ1) is 15.6. The number of halogens is 1. The van der Waals surface area contributed by atoms with Crippen LogP contribution in [0, 0.1) is 0 Å². The first-order chi connectivity index (χ1) is 9.49. The van der Waals surface area contributed by atoms with E-state index in [4.69, 9.17) is 16.3 Å². The third kappa shape index (κ3) is 4.09. The minimum absolute atomic E-state index is 0.0674. The van der Waals surface area contributed by atoms with Gasteiger partial charge in [0.15, 0.2) is 0 Å². The lowest BCUT2D eigenvalue weighted by Crippen LogP contribution is -2.54. The van der Waals surface area contributed by atoms with E-state index in [0.29, 0.717) is 11.6 Å². The molecule has 0 unspecified atom stereocenters. The fourth-order valence-corrected chi connectivity index (χ4v) is 2.67. The van der Waals surface area contributed by atoms with Crippen molar-refractivity contribution in [3.63, 3.8) is 0 Å². The van der Waals surface area contributed by atoms with Crippen LogP contribution in [-0.4, -0.2) is 48.4 Å². The molecule has 0 amide bonds. The van der Waals surface area contributed by atoms with Crippen LogP contribution >= 0.6 is 11.6 Å². The summed E-state index contributed by atoms with van der Waals surface area (Å²) in [6.07, 6.45) is 0. The Morgan fingerprint density at radius 2 is 2.05 bits per heavy atom. The summed E-state index contributed by atoms with van der Waals surface area (Å²) in [6, 6.07) is 5.12. The zero-order valence-electron chi connectivity index (χ0n) is 12.2. The minimum atomic E-state index is 0.0674. The quantitative estimate of drug-likeness (QED) is 0.875. The SMILES string of the molecule is CC(C)(CNCc1cc(Cl)ccc1O)N1CCOCC1. The fraction of sp³-hybridized carbons (Fsp3) is 0.600. The second kappa shape index (κ2) is 6.76. The number of aromatic hydroxyl groups is 1. The summed E-state index contributed by atoms with van der Waals surface area (Å²) in [5.74, 6) is 0.283. The van der Waals surface area contributed by atoms with Crippen molar-refractivity contribution >= 4 is 11.6 Å².